The molecule has 7 heteroatoms. The maximum atomic E-state index is 11.3. The molecule has 2 aromatic rings. The summed E-state index contributed by atoms with van der Waals surface area (Å²) in [6.45, 7) is 5.43. The molecule has 3 heterocycles. The number of H-pyrrole nitrogens is 1. The molecule has 1 aliphatic rings. The van der Waals surface area contributed by atoms with Crippen LogP contribution >= 0.6 is 0 Å². The summed E-state index contributed by atoms with van der Waals surface area (Å²) >= 11 is 0. The fourth-order valence-electron chi connectivity index (χ4n) is 2.47. The molecule has 3 rings (SSSR count). The number of nitrogens with one attached hydrogen (secondary N) is 2. The van der Waals surface area contributed by atoms with Crippen molar-refractivity contribution in [3.05, 3.63) is 22.9 Å². The zero-order valence-corrected chi connectivity index (χ0v) is 11.0. The fraction of sp³-hybridized carbons (Fsp3) is 0.583. The van der Waals surface area contributed by atoms with Gasteiger partial charge in [-0.15, -0.1) is 0 Å². The van der Waals surface area contributed by atoms with Crippen molar-refractivity contribution in [3.8, 4) is 0 Å². The topological polar surface area (TPSA) is 78.3 Å². The lowest BCUT2D eigenvalue weighted by atomic mass is 10.3. The highest BCUT2D eigenvalue weighted by atomic mass is 16.1. The van der Waals surface area contributed by atoms with Crippen LogP contribution in [0.2, 0.25) is 0 Å². The van der Waals surface area contributed by atoms with E-state index in [1.54, 1.807) is 6.07 Å². The summed E-state index contributed by atoms with van der Waals surface area (Å²) in [5.74, 6) is 0.748. The maximum absolute atomic E-state index is 11.3. The molecule has 1 fully saturated rings. The quantitative estimate of drug-likeness (QED) is 0.829. The molecule has 0 spiro atoms. The molecule has 0 saturated carbocycles. The van der Waals surface area contributed by atoms with Gasteiger partial charge in [0.2, 0.25) is 0 Å². The summed E-state index contributed by atoms with van der Waals surface area (Å²) in [6, 6.07) is 2.26. The van der Waals surface area contributed by atoms with Gasteiger partial charge in [-0.2, -0.15) is 5.10 Å². The Morgan fingerprint density at radius 2 is 2.26 bits per heavy atom. The van der Waals surface area contributed by atoms with Crippen LogP contribution in [0.4, 0.5) is 5.82 Å². The van der Waals surface area contributed by atoms with Crippen LogP contribution < -0.4 is 11.0 Å². The molecule has 7 nitrogen and oxygen atoms in total. The Bertz CT molecular complexity index is 612. The third-order valence-electron chi connectivity index (χ3n) is 3.65. The molecule has 0 aliphatic carbocycles. The van der Waals surface area contributed by atoms with E-state index in [0.29, 0.717) is 11.7 Å². The molecular formula is C12H18N6O. The minimum absolute atomic E-state index is 0.264. The SMILES string of the molecule is CC(CNc1cc2n[nH]c(=O)n2cn1)N1CCCC1. The highest BCUT2D eigenvalue weighted by molar-refractivity contribution is 5.48. The molecule has 2 aromatic heterocycles. The Morgan fingerprint density at radius 3 is 3.05 bits per heavy atom. The van der Waals surface area contributed by atoms with Crippen LogP contribution in [0, 0.1) is 0 Å². The number of aromatic amines is 1. The van der Waals surface area contributed by atoms with Crippen LogP contribution in [0.3, 0.4) is 0 Å². The molecule has 1 aliphatic heterocycles. The van der Waals surface area contributed by atoms with Gasteiger partial charge in [0, 0.05) is 18.7 Å². The van der Waals surface area contributed by atoms with Crippen molar-refractivity contribution >= 4 is 11.5 Å². The molecule has 1 unspecified atom stereocenters. The first-order chi connectivity index (χ1) is 9.24. The largest absolute Gasteiger partial charge is 0.368 e. The van der Waals surface area contributed by atoms with Gasteiger partial charge < -0.3 is 5.32 Å². The molecule has 1 saturated heterocycles. The molecule has 2 N–H and O–H groups in total. The van der Waals surface area contributed by atoms with E-state index in [1.807, 2.05) is 0 Å². The van der Waals surface area contributed by atoms with Crippen molar-refractivity contribution in [2.45, 2.75) is 25.8 Å². The van der Waals surface area contributed by atoms with Crippen LogP contribution in [0.5, 0.6) is 0 Å². The van der Waals surface area contributed by atoms with E-state index in [0.717, 1.165) is 12.4 Å². The van der Waals surface area contributed by atoms with Crippen LogP contribution in [0.15, 0.2) is 17.2 Å². The molecule has 0 aromatic carbocycles. The molecule has 0 amide bonds. The number of rotatable bonds is 4. The zero-order chi connectivity index (χ0) is 13.2. The van der Waals surface area contributed by atoms with Gasteiger partial charge in [-0.1, -0.05) is 0 Å². The highest BCUT2D eigenvalue weighted by Crippen LogP contribution is 2.12. The highest BCUT2D eigenvalue weighted by Gasteiger charge is 2.17. The number of aromatic nitrogens is 4. The van der Waals surface area contributed by atoms with E-state index in [9.17, 15) is 4.79 Å². The Hall–Kier alpha value is -1.89. The average molecular weight is 262 g/mol. The summed E-state index contributed by atoms with van der Waals surface area (Å²) in [5.41, 5.74) is 0.316. The van der Waals surface area contributed by atoms with Crippen molar-refractivity contribution < 1.29 is 0 Å². The van der Waals surface area contributed by atoms with E-state index in [-0.39, 0.29) is 5.69 Å². The standard InChI is InChI=1S/C12H18N6O/c1-9(17-4-2-3-5-17)7-13-10-6-11-15-16-12(19)18(11)8-14-10/h6,8-9,13H,2-5,7H2,1H3,(H,16,19). The van der Waals surface area contributed by atoms with Crippen LogP contribution in [-0.4, -0.2) is 50.2 Å². The van der Waals surface area contributed by atoms with E-state index in [2.05, 4.69) is 32.3 Å². The number of nitrogens with zero attached hydrogens (tertiary/aromatic N) is 4. The molecule has 0 bridgehead atoms. The molecular weight excluding hydrogens is 244 g/mol. The van der Waals surface area contributed by atoms with Gasteiger partial charge in [-0.3, -0.25) is 4.90 Å². The van der Waals surface area contributed by atoms with Crippen molar-refractivity contribution in [3.63, 3.8) is 0 Å². The van der Waals surface area contributed by atoms with Gasteiger partial charge in [0.15, 0.2) is 5.65 Å². The second-order valence-electron chi connectivity index (χ2n) is 5.00. The first kappa shape index (κ1) is 12.2. The molecule has 1 atom stereocenters. The second kappa shape index (κ2) is 5.00. The lowest BCUT2D eigenvalue weighted by Crippen LogP contribution is -2.35. The third kappa shape index (κ3) is 2.46. The lowest BCUT2D eigenvalue weighted by molar-refractivity contribution is 0.269. The number of anilines is 1. The van der Waals surface area contributed by atoms with Crippen molar-refractivity contribution in [2.24, 2.45) is 0 Å². The summed E-state index contributed by atoms with van der Waals surface area (Å²) in [4.78, 5) is 18.0. The van der Waals surface area contributed by atoms with E-state index in [1.165, 1.54) is 36.7 Å². The molecule has 0 radical (unpaired) electrons. The summed E-state index contributed by atoms with van der Waals surface area (Å²) in [5, 5.41) is 9.61. The molecule has 102 valence electrons. The normalized spacial score (nSPS) is 17.9. The monoisotopic (exact) mass is 262 g/mol. The third-order valence-corrected chi connectivity index (χ3v) is 3.65. The Kier molecular flexibility index (Phi) is 3.20. The average Bonchev–Trinajstić information content (AvgIpc) is 3.06. The van der Waals surface area contributed by atoms with Gasteiger partial charge in [-0.05, 0) is 32.9 Å². The first-order valence-electron chi connectivity index (χ1n) is 6.65. The van der Waals surface area contributed by atoms with Crippen LogP contribution in [0.25, 0.3) is 5.65 Å². The molecule has 19 heavy (non-hydrogen) atoms. The number of likely N-dealkylation sites (tertiary alicyclic amines) is 1. The number of fused-ring (bicyclic) bond motifs is 1. The smallest absolute Gasteiger partial charge is 0.348 e. The van der Waals surface area contributed by atoms with Crippen LogP contribution in [-0.2, 0) is 0 Å². The van der Waals surface area contributed by atoms with Crippen LogP contribution in [0.1, 0.15) is 19.8 Å². The second-order valence-corrected chi connectivity index (χ2v) is 5.00. The summed E-state index contributed by atoms with van der Waals surface area (Å²) < 4.78 is 1.38. The predicted molar refractivity (Wildman–Crippen MR) is 72.4 cm³/mol. The van der Waals surface area contributed by atoms with Gasteiger partial charge in [-0.25, -0.2) is 19.3 Å². The van der Waals surface area contributed by atoms with Crippen molar-refractivity contribution in [1.29, 1.82) is 0 Å². The predicted octanol–water partition coefficient (Wildman–Crippen LogP) is 0.314. The minimum Gasteiger partial charge on any atom is -0.368 e. The first-order valence-corrected chi connectivity index (χ1v) is 6.65. The minimum atomic E-state index is -0.264. The van der Waals surface area contributed by atoms with Gasteiger partial charge in [0.25, 0.3) is 0 Å². The Balaban J connectivity index is 1.66. The van der Waals surface area contributed by atoms with E-state index < -0.39 is 0 Å². The van der Waals surface area contributed by atoms with E-state index >= 15 is 0 Å². The van der Waals surface area contributed by atoms with Crippen molar-refractivity contribution in [1.82, 2.24) is 24.5 Å². The fourth-order valence-corrected chi connectivity index (χ4v) is 2.47. The Morgan fingerprint density at radius 1 is 1.47 bits per heavy atom. The van der Waals surface area contributed by atoms with Gasteiger partial charge >= 0.3 is 5.69 Å². The summed E-state index contributed by atoms with van der Waals surface area (Å²) in [6.07, 6.45) is 4.08. The number of hydrogen-bond acceptors (Lipinski definition) is 5. The zero-order valence-electron chi connectivity index (χ0n) is 11.0. The van der Waals surface area contributed by atoms with E-state index in [4.69, 9.17) is 0 Å². The van der Waals surface area contributed by atoms with Gasteiger partial charge in [0.05, 0.1) is 0 Å². The number of hydrogen-bond donors (Lipinski definition) is 2. The van der Waals surface area contributed by atoms with Crippen molar-refractivity contribution in [2.75, 3.05) is 25.0 Å². The lowest BCUT2D eigenvalue weighted by Gasteiger charge is -2.23. The summed E-state index contributed by atoms with van der Waals surface area (Å²) in [7, 11) is 0. The maximum Gasteiger partial charge on any atom is 0.348 e. The Labute approximate surface area is 110 Å². The van der Waals surface area contributed by atoms with Gasteiger partial charge in [0.1, 0.15) is 12.1 Å².